The van der Waals surface area contributed by atoms with Crippen molar-refractivity contribution in [2.75, 3.05) is 0 Å². The molecule has 2 heterocycles. The maximum atomic E-state index is 3.99. The summed E-state index contributed by atoms with van der Waals surface area (Å²) in [7, 11) is 0. The molecule has 3 aromatic rings. The van der Waals surface area contributed by atoms with Crippen molar-refractivity contribution >= 4 is 10.9 Å². The minimum atomic E-state index is 0.418. The lowest BCUT2D eigenvalue weighted by atomic mass is 9.91. The average molecular weight is 266 g/mol. The number of fused-ring (bicyclic) bond motifs is 3. The summed E-state index contributed by atoms with van der Waals surface area (Å²) in [5.74, 6) is 0. The van der Waals surface area contributed by atoms with Crippen molar-refractivity contribution in [1.82, 2.24) is 20.5 Å². The molecule has 2 aromatic heterocycles. The predicted molar refractivity (Wildman–Crippen MR) is 79.4 cm³/mol. The molecule has 1 unspecified atom stereocenters. The van der Waals surface area contributed by atoms with Crippen LogP contribution in [-0.4, -0.2) is 15.2 Å². The van der Waals surface area contributed by atoms with Crippen molar-refractivity contribution in [3.8, 4) is 0 Å². The van der Waals surface area contributed by atoms with Crippen LogP contribution in [0.4, 0.5) is 0 Å². The van der Waals surface area contributed by atoms with E-state index in [1.54, 1.807) is 0 Å². The zero-order valence-corrected chi connectivity index (χ0v) is 11.3. The summed E-state index contributed by atoms with van der Waals surface area (Å²) in [6.07, 6.45) is 7.45. The third-order valence-electron chi connectivity index (χ3n) is 4.22. The molecule has 20 heavy (non-hydrogen) atoms. The van der Waals surface area contributed by atoms with Gasteiger partial charge in [0.05, 0.1) is 6.20 Å². The second-order valence-electron chi connectivity index (χ2n) is 5.50. The van der Waals surface area contributed by atoms with Crippen molar-refractivity contribution in [3.63, 3.8) is 0 Å². The molecule has 0 amide bonds. The number of para-hydroxylation sites is 1. The fourth-order valence-corrected chi connectivity index (χ4v) is 3.23. The van der Waals surface area contributed by atoms with Gasteiger partial charge in [-0.05, 0) is 30.9 Å². The Labute approximate surface area is 117 Å². The Balaban J connectivity index is 1.64. The second-order valence-corrected chi connectivity index (χ2v) is 5.50. The number of H-pyrrole nitrogens is 2. The molecule has 1 atom stereocenters. The van der Waals surface area contributed by atoms with Gasteiger partial charge in [0.2, 0.25) is 0 Å². The summed E-state index contributed by atoms with van der Waals surface area (Å²) < 4.78 is 0. The largest absolute Gasteiger partial charge is 0.357 e. The van der Waals surface area contributed by atoms with Gasteiger partial charge in [0.15, 0.2) is 0 Å². The van der Waals surface area contributed by atoms with Crippen LogP contribution in [-0.2, 0) is 13.0 Å². The van der Waals surface area contributed by atoms with E-state index in [0.29, 0.717) is 6.04 Å². The van der Waals surface area contributed by atoms with Crippen LogP contribution in [0.25, 0.3) is 10.9 Å². The maximum Gasteiger partial charge on any atom is 0.0532 e. The van der Waals surface area contributed by atoms with Gasteiger partial charge in [-0.3, -0.25) is 5.10 Å². The van der Waals surface area contributed by atoms with Crippen LogP contribution in [0, 0.1) is 0 Å². The number of nitrogens with zero attached hydrogens (tertiary/aromatic N) is 1. The Kier molecular flexibility index (Phi) is 2.81. The molecule has 0 spiro atoms. The number of aryl methyl sites for hydroxylation is 1. The molecule has 0 saturated carbocycles. The quantitative estimate of drug-likeness (QED) is 0.682. The number of nitrogens with one attached hydrogen (secondary N) is 3. The fraction of sp³-hybridized carbons (Fsp3) is 0.312. The number of benzene rings is 1. The van der Waals surface area contributed by atoms with Crippen LogP contribution in [0.1, 0.15) is 35.7 Å². The maximum absolute atomic E-state index is 3.99. The standard InChI is InChI=1S/C16H18N4/c1-2-6-14-12(4-1)13-5-3-7-15(16(13)20-14)17-8-11-9-18-19-10-11/h1-2,4,6,9-10,15,17,20H,3,5,7-8H2,(H,18,19). The molecule has 4 rings (SSSR count). The van der Waals surface area contributed by atoms with Gasteiger partial charge in [-0.2, -0.15) is 5.10 Å². The van der Waals surface area contributed by atoms with Gasteiger partial charge in [0, 0.05) is 40.9 Å². The fourth-order valence-electron chi connectivity index (χ4n) is 3.23. The molecular formula is C16H18N4. The summed E-state index contributed by atoms with van der Waals surface area (Å²) in [6, 6.07) is 9.03. The SMILES string of the molecule is c1ccc2c3c([nH]c2c1)C(NCc1cn[nH]c1)CCC3. The number of aromatic amines is 2. The Bertz CT molecular complexity index is 711. The summed E-state index contributed by atoms with van der Waals surface area (Å²) in [5.41, 5.74) is 5.33. The van der Waals surface area contributed by atoms with E-state index in [4.69, 9.17) is 0 Å². The number of rotatable bonds is 3. The van der Waals surface area contributed by atoms with Crippen LogP contribution >= 0.6 is 0 Å². The van der Waals surface area contributed by atoms with Gasteiger partial charge in [0.25, 0.3) is 0 Å². The molecule has 1 aliphatic rings. The summed E-state index contributed by atoms with van der Waals surface area (Å²) >= 11 is 0. The zero-order chi connectivity index (χ0) is 13.4. The minimum absolute atomic E-state index is 0.418. The average Bonchev–Trinajstić information content (AvgIpc) is 3.12. The molecule has 4 heteroatoms. The molecule has 1 aliphatic carbocycles. The van der Waals surface area contributed by atoms with Crippen molar-refractivity contribution in [2.24, 2.45) is 0 Å². The lowest BCUT2D eigenvalue weighted by molar-refractivity contribution is 0.452. The van der Waals surface area contributed by atoms with Crippen LogP contribution in [0.2, 0.25) is 0 Å². The smallest absolute Gasteiger partial charge is 0.0532 e. The van der Waals surface area contributed by atoms with E-state index in [1.807, 2.05) is 12.4 Å². The van der Waals surface area contributed by atoms with E-state index in [9.17, 15) is 0 Å². The second kappa shape index (κ2) is 4.80. The molecular weight excluding hydrogens is 248 g/mol. The first-order valence-electron chi connectivity index (χ1n) is 7.22. The molecule has 0 fully saturated rings. The van der Waals surface area contributed by atoms with Crippen LogP contribution in [0.3, 0.4) is 0 Å². The molecule has 0 saturated heterocycles. The first kappa shape index (κ1) is 11.7. The third-order valence-corrected chi connectivity index (χ3v) is 4.22. The van der Waals surface area contributed by atoms with E-state index < -0.39 is 0 Å². The van der Waals surface area contributed by atoms with E-state index in [-0.39, 0.29) is 0 Å². The van der Waals surface area contributed by atoms with Crippen LogP contribution in [0.5, 0.6) is 0 Å². The van der Waals surface area contributed by atoms with Gasteiger partial charge in [-0.25, -0.2) is 0 Å². The molecule has 0 aliphatic heterocycles. The Morgan fingerprint density at radius 1 is 1.30 bits per heavy atom. The molecule has 102 valence electrons. The molecule has 3 N–H and O–H groups in total. The third kappa shape index (κ3) is 1.93. The monoisotopic (exact) mass is 266 g/mol. The zero-order valence-electron chi connectivity index (χ0n) is 11.3. The lowest BCUT2D eigenvalue weighted by Gasteiger charge is -2.23. The van der Waals surface area contributed by atoms with E-state index >= 15 is 0 Å². The number of aromatic nitrogens is 3. The Hall–Kier alpha value is -2.07. The van der Waals surface area contributed by atoms with Gasteiger partial charge < -0.3 is 10.3 Å². The topological polar surface area (TPSA) is 56.5 Å². The van der Waals surface area contributed by atoms with Crippen molar-refractivity contribution in [1.29, 1.82) is 0 Å². The first-order valence-corrected chi connectivity index (χ1v) is 7.22. The summed E-state index contributed by atoms with van der Waals surface area (Å²) in [4.78, 5) is 3.61. The number of hydrogen-bond acceptors (Lipinski definition) is 2. The van der Waals surface area contributed by atoms with Crippen LogP contribution in [0.15, 0.2) is 36.7 Å². The van der Waals surface area contributed by atoms with E-state index in [2.05, 4.69) is 44.8 Å². The van der Waals surface area contributed by atoms with Crippen LogP contribution < -0.4 is 5.32 Å². The minimum Gasteiger partial charge on any atom is -0.357 e. The summed E-state index contributed by atoms with van der Waals surface area (Å²) in [6.45, 7) is 0.857. The van der Waals surface area contributed by atoms with Crippen molar-refractivity contribution in [2.45, 2.75) is 31.8 Å². The highest BCUT2D eigenvalue weighted by Gasteiger charge is 2.23. The predicted octanol–water partition coefficient (Wildman–Crippen LogP) is 3.06. The van der Waals surface area contributed by atoms with Gasteiger partial charge in [-0.1, -0.05) is 18.2 Å². The number of hydrogen-bond donors (Lipinski definition) is 3. The molecule has 0 bridgehead atoms. The van der Waals surface area contributed by atoms with Gasteiger partial charge >= 0.3 is 0 Å². The normalized spacial score (nSPS) is 18.3. The Morgan fingerprint density at radius 3 is 3.15 bits per heavy atom. The van der Waals surface area contributed by atoms with Gasteiger partial charge in [-0.15, -0.1) is 0 Å². The Morgan fingerprint density at radius 2 is 2.25 bits per heavy atom. The summed E-state index contributed by atoms with van der Waals surface area (Å²) in [5, 5.41) is 11.9. The van der Waals surface area contributed by atoms with E-state index in [1.165, 1.54) is 47.0 Å². The molecule has 4 nitrogen and oxygen atoms in total. The first-order chi connectivity index (χ1) is 9.92. The molecule has 0 radical (unpaired) electrons. The highest BCUT2D eigenvalue weighted by molar-refractivity contribution is 5.85. The highest BCUT2D eigenvalue weighted by Crippen LogP contribution is 2.34. The molecule has 1 aromatic carbocycles. The van der Waals surface area contributed by atoms with Crippen molar-refractivity contribution < 1.29 is 0 Å². The van der Waals surface area contributed by atoms with E-state index in [0.717, 1.165) is 6.54 Å². The lowest BCUT2D eigenvalue weighted by Crippen LogP contribution is -2.24. The van der Waals surface area contributed by atoms with Gasteiger partial charge in [0.1, 0.15) is 0 Å². The van der Waals surface area contributed by atoms with Crippen molar-refractivity contribution in [3.05, 3.63) is 53.5 Å². The highest BCUT2D eigenvalue weighted by atomic mass is 15.1.